The minimum Gasteiger partial charge on any atom is -0.369 e. The van der Waals surface area contributed by atoms with E-state index in [4.69, 9.17) is 4.74 Å². The molecule has 3 saturated heterocycles. The van der Waals surface area contributed by atoms with Crippen LogP contribution >= 0.6 is 0 Å². The zero-order valence-corrected chi connectivity index (χ0v) is 16.2. The molecule has 5 rings (SSSR count). The summed E-state index contributed by atoms with van der Waals surface area (Å²) in [6.07, 6.45) is 11.9. The summed E-state index contributed by atoms with van der Waals surface area (Å²) in [4.78, 5) is 23.7. The molecule has 0 unspecified atom stereocenters. The molecule has 4 atom stereocenters. The van der Waals surface area contributed by atoms with Crippen molar-refractivity contribution in [3.8, 4) is 0 Å². The quantitative estimate of drug-likeness (QED) is 0.862. The third kappa shape index (κ3) is 3.12. The van der Waals surface area contributed by atoms with Crippen LogP contribution in [-0.2, 0) is 9.53 Å². The van der Waals surface area contributed by atoms with Gasteiger partial charge in [-0.15, -0.1) is 0 Å². The van der Waals surface area contributed by atoms with Crippen molar-refractivity contribution in [3.63, 3.8) is 0 Å². The highest BCUT2D eigenvalue weighted by molar-refractivity contribution is 5.76. The molecule has 6 nitrogen and oxygen atoms in total. The van der Waals surface area contributed by atoms with E-state index in [9.17, 15) is 4.79 Å². The largest absolute Gasteiger partial charge is 0.369 e. The Morgan fingerprint density at radius 2 is 2.19 bits per heavy atom. The SMILES string of the molecule is Cc1cncc(N2C[C@@H]3[C@H](CNC(=O)CC4CCCC4)[C@H]4CC[C@]3(C2)O4)n1. The normalized spacial score (nSPS) is 35.0. The summed E-state index contributed by atoms with van der Waals surface area (Å²) < 4.78 is 6.50. The lowest BCUT2D eigenvalue weighted by molar-refractivity contribution is -0.122. The first kappa shape index (κ1) is 17.4. The molecule has 3 aliphatic heterocycles. The minimum atomic E-state index is -0.0447. The van der Waals surface area contributed by atoms with Crippen LogP contribution < -0.4 is 10.2 Å². The fourth-order valence-electron chi connectivity index (χ4n) is 6.02. The summed E-state index contributed by atoms with van der Waals surface area (Å²) >= 11 is 0. The number of carbonyl (C=O) groups is 1. The monoisotopic (exact) mass is 370 g/mol. The lowest BCUT2D eigenvalue weighted by Gasteiger charge is -2.29. The Morgan fingerprint density at radius 1 is 1.33 bits per heavy atom. The summed E-state index contributed by atoms with van der Waals surface area (Å²) in [5.74, 6) is 2.70. The van der Waals surface area contributed by atoms with Crippen LogP contribution in [-0.4, -0.2) is 47.2 Å². The van der Waals surface area contributed by atoms with Crippen LogP contribution in [0.5, 0.6) is 0 Å². The average molecular weight is 370 g/mol. The third-order valence-corrected chi connectivity index (χ3v) is 7.33. The van der Waals surface area contributed by atoms with Crippen molar-refractivity contribution < 1.29 is 9.53 Å². The molecule has 1 spiro atoms. The lowest BCUT2D eigenvalue weighted by atomic mass is 9.73. The summed E-state index contributed by atoms with van der Waals surface area (Å²) in [5, 5.41) is 3.24. The molecule has 2 bridgehead atoms. The molecule has 27 heavy (non-hydrogen) atoms. The van der Waals surface area contributed by atoms with E-state index in [-0.39, 0.29) is 11.5 Å². The second-order valence-corrected chi connectivity index (χ2v) is 9.09. The van der Waals surface area contributed by atoms with Gasteiger partial charge in [-0.05, 0) is 38.5 Å². The fraction of sp³-hybridized carbons (Fsp3) is 0.762. The van der Waals surface area contributed by atoms with Crippen molar-refractivity contribution >= 4 is 11.7 Å². The number of nitrogens with zero attached hydrogens (tertiary/aromatic N) is 3. The Morgan fingerprint density at radius 3 is 3.00 bits per heavy atom. The van der Waals surface area contributed by atoms with Crippen molar-refractivity contribution in [1.82, 2.24) is 15.3 Å². The van der Waals surface area contributed by atoms with Crippen LogP contribution in [0, 0.1) is 24.7 Å². The fourth-order valence-corrected chi connectivity index (χ4v) is 6.02. The number of fused-ring (bicyclic) bond motifs is 1. The highest BCUT2D eigenvalue weighted by Gasteiger charge is 2.63. The number of rotatable bonds is 5. The number of anilines is 1. The Kier molecular flexibility index (Phi) is 4.34. The van der Waals surface area contributed by atoms with Gasteiger partial charge in [-0.25, -0.2) is 4.98 Å². The number of hydrogen-bond donors (Lipinski definition) is 1. The Bertz CT molecular complexity index is 720. The van der Waals surface area contributed by atoms with Crippen molar-refractivity contribution in [3.05, 3.63) is 18.1 Å². The zero-order valence-electron chi connectivity index (χ0n) is 16.2. The number of aryl methyl sites for hydroxylation is 1. The van der Waals surface area contributed by atoms with Crippen molar-refractivity contribution in [2.24, 2.45) is 17.8 Å². The number of aromatic nitrogens is 2. The van der Waals surface area contributed by atoms with Crippen molar-refractivity contribution in [1.29, 1.82) is 0 Å². The van der Waals surface area contributed by atoms with E-state index in [0.717, 1.165) is 44.0 Å². The molecule has 4 aliphatic rings. The number of ether oxygens (including phenoxy) is 1. The number of hydrogen-bond acceptors (Lipinski definition) is 5. The average Bonchev–Trinajstić information content (AvgIpc) is 3.41. The Labute approximate surface area is 161 Å². The van der Waals surface area contributed by atoms with Crippen LogP contribution in [0.25, 0.3) is 0 Å². The predicted octanol–water partition coefficient (Wildman–Crippen LogP) is 2.47. The van der Waals surface area contributed by atoms with E-state index in [1.165, 1.54) is 25.7 Å². The van der Waals surface area contributed by atoms with Gasteiger partial charge in [0.2, 0.25) is 5.91 Å². The summed E-state index contributed by atoms with van der Waals surface area (Å²) in [5.41, 5.74) is 0.903. The molecule has 1 N–H and O–H groups in total. The summed E-state index contributed by atoms with van der Waals surface area (Å²) in [6.45, 7) is 4.60. The van der Waals surface area contributed by atoms with Crippen LogP contribution in [0.15, 0.2) is 12.4 Å². The van der Waals surface area contributed by atoms with Gasteiger partial charge in [-0.2, -0.15) is 0 Å². The standard InChI is InChI=1S/C21H30N4O2/c1-14-9-22-11-19(24-14)25-12-17-16(18-6-7-21(17,13-25)27-18)10-23-20(26)8-15-4-2-3-5-15/h9,11,15-18H,2-8,10,12-13H2,1H3,(H,23,26)/t16-,17+,18+,21+/m0/s1. The molecule has 6 heteroatoms. The zero-order chi connectivity index (χ0) is 18.4. The first-order valence-electron chi connectivity index (χ1n) is 10.6. The molecule has 1 aromatic heterocycles. The van der Waals surface area contributed by atoms with E-state index < -0.39 is 0 Å². The van der Waals surface area contributed by atoms with Crippen molar-refractivity contribution in [2.45, 2.75) is 63.6 Å². The maximum absolute atomic E-state index is 12.4. The van der Waals surface area contributed by atoms with Crippen LogP contribution in [0.1, 0.15) is 50.6 Å². The molecule has 1 aromatic rings. The maximum Gasteiger partial charge on any atom is 0.220 e. The first-order chi connectivity index (χ1) is 13.1. The van der Waals surface area contributed by atoms with Gasteiger partial charge >= 0.3 is 0 Å². The van der Waals surface area contributed by atoms with E-state index in [1.807, 2.05) is 13.1 Å². The molecule has 146 valence electrons. The third-order valence-electron chi connectivity index (χ3n) is 7.33. The second-order valence-electron chi connectivity index (χ2n) is 9.09. The summed E-state index contributed by atoms with van der Waals surface area (Å²) in [6, 6.07) is 0. The van der Waals surface area contributed by atoms with Crippen LogP contribution in [0.3, 0.4) is 0 Å². The molecular formula is C21H30N4O2. The number of carbonyl (C=O) groups excluding carboxylic acids is 1. The van der Waals surface area contributed by atoms with Gasteiger partial charge in [0.15, 0.2) is 0 Å². The molecule has 4 heterocycles. The molecule has 0 radical (unpaired) electrons. The van der Waals surface area contributed by atoms with E-state index in [0.29, 0.717) is 30.3 Å². The summed E-state index contributed by atoms with van der Waals surface area (Å²) in [7, 11) is 0. The van der Waals surface area contributed by atoms with Gasteiger partial charge in [0, 0.05) is 44.1 Å². The smallest absolute Gasteiger partial charge is 0.220 e. The van der Waals surface area contributed by atoms with Gasteiger partial charge in [0.05, 0.1) is 23.6 Å². The van der Waals surface area contributed by atoms with Gasteiger partial charge in [-0.1, -0.05) is 12.8 Å². The van der Waals surface area contributed by atoms with E-state index in [1.54, 1.807) is 6.20 Å². The second kappa shape index (κ2) is 6.73. The predicted molar refractivity (Wildman–Crippen MR) is 102 cm³/mol. The van der Waals surface area contributed by atoms with Crippen LogP contribution in [0.2, 0.25) is 0 Å². The Balaban J connectivity index is 1.23. The highest BCUT2D eigenvalue weighted by Crippen LogP contribution is 2.55. The molecule has 1 aliphatic carbocycles. The Hall–Kier alpha value is -1.69. The number of amides is 1. The van der Waals surface area contributed by atoms with Gasteiger partial charge in [-0.3, -0.25) is 9.78 Å². The molecular weight excluding hydrogens is 340 g/mol. The van der Waals surface area contributed by atoms with Crippen LogP contribution in [0.4, 0.5) is 5.82 Å². The molecule has 1 saturated carbocycles. The molecule has 4 fully saturated rings. The highest BCUT2D eigenvalue weighted by atomic mass is 16.5. The van der Waals surface area contributed by atoms with Gasteiger partial charge in [0.25, 0.3) is 0 Å². The number of nitrogens with one attached hydrogen (secondary N) is 1. The van der Waals surface area contributed by atoms with E-state index >= 15 is 0 Å². The van der Waals surface area contributed by atoms with Gasteiger partial charge < -0.3 is 15.0 Å². The van der Waals surface area contributed by atoms with Crippen molar-refractivity contribution in [2.75, 3.05) is 24.5 Å². The molecule has 0 aromatic carbocycles. The van der Waals surface area contributed by atoms with E-state index in [2.05, 4.69) is 20.2 Å². The topological polar surface area (TPSA) is 67.4 Å². The maximum atomic E-state index is 12.4. The lowest BCUT2D eigenvalue weighted by Crippen LogP contribution is -2.42. The minimum absolute atomic E-state index is 0.0447. The van der Waals surface area contributed by atoms with Gasteiger partial charge in [0.1, 0.15) is 5.82 Å². The molecule has 1 amide bonds. The first-order valence-corrected chi connectivity index (χ1v) is 10.6.